The summed E-state index contributed by atoms with van der Waals surface area (Å²) in [7, 11) is 0. The van der Waals surface area contributed by atoms with Crippen LogP contribution in [0.5, 0.6) is 0 Å². The predicted octanol–water partition coefficient (Wildman–Crippen LogP) is 3.47. The summed E-state index contributed by atoms with van der Waals surface area (Å²) in [5.74, 6) is 0.188. The summed E-state index contributed by atoms with van der Waals surface area (Å²) >= 11 is 4.02. The number of rotatable bonds is 7. The first-order valence-electron chi connectivity index (χ1n) is 7.44. The molecule has 0 saturated heterocycles. The fourth-order valence-electron chi connectivity index (χ4n) is 1.89. The summed E-state index contributed by atoms with van der Waals surface area (Å²) in [6.45, 7) is 3.59. The van der Waals surface area contributed by atoms with E-state index in [0.717, 1.165) is 0 Å². The molecule has 1 amide bonds. The highest BCUT2D eigenvalue weighted by Gasteiger charge is 2.19. The minimum absolute atomic E-state index is 0.159. The molecule has 26 heavy (non-hydrogen) atoms. The lowest BCUT2D eigenvalue weighted by molar-refractivity contribution is -0.115. The molecule has 136 valence electrons. The molecule has 2 heterocycles. The zero-order valence-electron chi connectivity index (χ0n) is 13.8. The molecule has 0 spiro atoms. The normalized spacial score (nSPS) is 12.3. The van der Waals surface area contributed by atoms with Gasteiger partial charge in [-0.05, 0) is 25.5 Å². The smallest absolute Gasteiger partial charge is 0.240 e. The molecule has 3 aromatic rings. The molecule has 3 rings (SSSR count). The number of carbonyl (C=O) groups excluding carboxylic acids is 1. The van der Waals surface area contributed by atoms with E-state index in [1.54, 1.807) is 19.1 Å². The number of aryl methyl sites for hydroxylation is 1. The van der Waals surface area contributed by atoms with E-state index >= 15 is 0 Å². The Morgan fingerprint density at radius 3 is 2.88 bits per heavy atom. The lowest BCUT2D eigenvalue weighted by atomic mass is 10.1. The highest BCUT2D eigenvalue weighted by atomic mass is 32.2. The summed E-state index contributed by atoms with van der Waals surface area (Å²) in [6.07, 6.45) is 0. The van der Waals surface area contributed by atoms with Crippen LogP contribution in [0.2, 0.25) is 0 Å². The van der Waals surface area contributed by atoms with Gasteiger partial charge in [0.15, 0.2) is 8.68 Å². The highest BCUT2D eigenvalue weighted by molar-refractivity contribution is 8.03. The van der Waals surface area contributed by atoms with Crippen molar-refractivity contribution in [1.82, 2.24) is 20.3 Å². The monoisotopic (exact) mass is 411 g/mol. The van der Waals surface area contributed by atoms with Crippen LogP contribution < -0.4 is 5.73 Å². The number of hydrogen-bond acceptors (Lipinski definition) is 9. The number of thioether (sulfide) groups is 2. The average molecular weight is 412 g/mol. The Labute approximate surface area is 161 Å². The van der Waals surface area contributed by atoms with Crippen molar-refractivity contribution in [2.24, 2.45) is 5.73 Å². The van der Waals surface area contributed by atoms with Crippen molar-refractivity contribution in [3.63, 3.8) is 0 Å². The summed E-state index contributed by atoms with van der Waals surface area (Å²) < 4.78 is 20.4. The van der Waals surface area contributed by atoms with E-state index in [-0.39, 0.29) is 16.8 Å². The number of nitrogens with two attached hydrogens (primary N) is 1. The van der Waals surface area contributed by atoms with E-state index in [4.69, 9.17) is 10.3 Å². The largest absolute Gasteiger partial charge is 0.369 e. The van der Waals surface area contributed by atoms with Gasteiger partial charge in [0.25, 0.3) is 0 Å². The molecule has 0 aliphatic rings. The molecule has 1 atom stereocenters. The van der Waals surface area contributed by atoms with Gasteiger partial charge in [0.05, 0.1) is 11.0 Å². The Hall–Kier alpha value is -1.98. The lowest BCUT2D eigenvalue weighted by Gasteiger charge is -2.01. The maximum Gasteiger partial charge on any atom is 0.240 e. The van der Waals surface area contributed by atoms with Crippen molar-refractivity contribution < 1.29 is 13.7 Å². The quantitative estimate of drug-likeness (QED) is 0.589. The zero-order valence-corrected chi connectivity index (χ0v) is 16.3. The summed E-state index contributed by atoms with van der Waals surface area (Å²) in [5, 5.41) is 11.8. The standard InChI is InChI=1S/C15H14FN5O2S3/c1-7-3-4-9(5-10(7)16)12-18-13(23-21-12)8(2)25-15-20-19-14(26-15)24-6-11(17)22/h3-5,8H,6H2,1-2H3,(H2,17,22). The molecular weight excluding hydrogens is 397 g/mol. The van der Waals surface area contributed by atoms with Crippen LogP contribution in [0.25, 0.3) is 11.4 Å². The summed E-state index contributed by atoms with van der Waals surface area (Å²) in [4.78, 5) is 15.1. The first-order valence-corrected chi connectivity index (χ1v) is 10.1. The Balaban J connectivity index is 1.67. The molecule has 7 nitrogen and oxygen atoms in total. The van der Waals surface area contributed by atoms with Gasteiger partial charge in [-0.25, -0.2) is 4.39 Å². The second kappa shape index (κ2) is 8.14. The van der Waals surface area contributed by atoms with Crippen molar-refractivity contribution in [3.05, 3.63) is 35.5 Å². The van der Waals surface area contributed by atoms with Crippen LogP contribution in [0.1, 0.15) is 23.6 Å². The van der Waals surface area contributed by atoms with Gasteiger partial charge in [0, 0.05) is 5.56 Å². The second-order valence-electron chi connectivity index (χ2n) is 5.27. The maximum atomic E-state index is 13.7. The number of amides is 1. The van der Waals surface area contributed by atoms with Gasteiger partial charge in [-0.3, -0.25) is 4.79 Å². The zero-order chi connectivity index (χ0) is 18.7. The SMILES string of the molecule is Cc1ccc(-c2noc(C(C)Sc3nnc(SCC(N)=O)s3)n2)cc1F. The molecule has 2 N–H and O–H groups in total. The summed E-state index contributed by atoms with van der Waals surface area (Å²) in [6, 6.07) is 4.80. The number of carbonyl (C=O) groups is 1. The molecule has 0 aliphatic heterocycles. The molecule has 11 heteroatoms. The third-order valence-electron chi connectivity index (χ3n) is 3.22. The molecule has 0 bridgehead atoms. The average Bonchev–Trinajstić information content (AvgIpc) is 3.25. The third-order valence-corrected chi connectivity index (χ3v) is 6.47. The number of aromatic nitrogens is 4. The van der Waals surface area contributed by atoms with Crippen LogP contribution in [0.4, 0.5) is 4.39 Å². The van der Waals surface area contributed by atoms with E-state index in [2.05, 4.69) is 20.3 Å². The summed E-state index contributed by atoms with van der Waals surface area (Å²) in [5.41, 5.74) is 6.23. The molecule has 0 aliphatic carbocycles. The van der Waals surface area contributed by atoms with Gasteiger partial charge in [-0.15, -0.1) is 10.2 Å². The van der Waals surface area contributed by atoms with Crippen LogP contribution in [-0.2, 0) is 4.79 Å². The van der Waals surface area contributed by atoms with Gasteiger partial charge in [0.2, 0.25) is 17.6 Å². The Morgan fingerprint density at radius 1 is 1.38 bits per heavy atom. The first-order chi connectivity index (χ1) is 12.4. The third kappa shape index (κ3) is 4.59. The van der Waals surface area contributed by atoms with Crippen molar-refractivity contribution in [2.75, 3.05) is 5.75 Å². The Morgan fingerprint density at radius 2 is 2.15 bits per heavy atom. The fraction of sp³-hybridized carbons (Fsp3) is 0.267. The molecule has 0 saturated carbocycles. The predicted molar refractivity (Wildman–Crippen MR) is 98.5 cm³/mol. The maximum absolute atomic E-state index is 13.7. The van der Waals surface area contributed by atoms with Crippen molar-refractivity contribution in [3.8, 4) is 11.4 Å². The van der Waals surface area contributed by atoms with Crippen LogP contribution in [0.15, 0.2) is 31.4 Å². The second-order valence-corrected chi connectivity index (χ2v) is 9.06. The van der Waals surface area contributed by atoms with Crippen molar-refractivity contribution in [1.29, 1.82) is 0 Å². The van der Waals surface area contributed by atoms with Gasteiger partial charge < -0.3 is 10.3 Å². The van der Waals surface area contributed by atoms with Crippen LogP contribution >= 0.6 is 34.9 Å². The first kappa shape index (κ1) is 18.8. The molecule has 0 radical (unpaired) electrons. The molecular formula is C15H14FN5O2S3. The van der Waals surface area contributed by atoms with E-state index in [0.29, 0.717) is 31.5 Å². The lowest BCUT2D eigenvalue weighted by Crippen LogP contribution is -2.12. The minimum atomic E-state index is -0.404. The van der Waals surface area contributed by atoms with Crippen LogP contribution in [0.3, 0.4) is 0 Å². The van der Waals surface area contributed by atoms with E-state index < -0.39 is 5.91 Å². The number of halogens is 1. The van der Waals surface area contributed by atoms with Crippen LogP contribution in [0, 0.1) is 12.7 Å². The molecule has 0 fully saturated rings. The number of benzene rings is 1. The number of hydrogen-bond donors (Lipinski definition) is 1. The Kier molecular flexibility index (Phi) is 5.89. The number of primary amides is 1. The number of nitrogens with zero attached hydrogens (tertiary/aromatic N) is 4. The van der Waals surface area contributed by atoms with Crippen molar-refractivity contribution in [2.45, 2.75) is 27.8 Å². The molecule has 2 aromatic heterocycles. The molecule has 1 unspecified atom stereocenters. The highest BCUT2D eigenvalue weighted by Crippen LogP contribution is 2.38. The van der Waals surface area contributed by atoms with E-state index in [1.807, 2.05) is 6.92 Å². The van der Waals surface area contributed by atoms with Gasteiger partial charge in [-0.2, -0.15) is 4.98 Å². The van der Waals surface area contributed by atoms with Crippen LogP contribution in [-0.4, -0.2) is 32.0 Å². The topological polar surface area (TPSA) is 108 Å². The van der Waals surface area contributed by atoms with Gasteiger partial charge in [0.1, 0.15) is 5.82 Å². The molecule has 1 aromatic carbocycles. The Bertz CT molecular complexity index is 930. The fourth-order valence-corrected chi connectivity index (χ4v) is 4.82. The van der Waals surface area contributed by atoms with E-state index in [9.17, 15) is 9.18 Å². The van der Waals surface area contributed by atoms with Gasteiger partial charge >= 0.3 is 0 Å². The minimum Gasteiger partial charge on any atom is -0.369 e. The van der Waals surface area contributed by atoms with Gasteiger partial charge in [-0.1, -0.05) is 52.1 Å². The van der Waals surface area contributed by atoms with Crippen molar-refractivity contribution >= 4 is 40.8 Å². The van der Waals surface area contributed by atoms with E-state index in [1.165, 1.54) is 40.9 Å².